The maximum absolute atomic E-state index is 12.8. The molecule has 2 aromatic rings. The van der Waals surface area contributed by atoms with Crippen molar-refractivity contribution in [1.29, 1.82) is 0 Å². The number of carbonyl (C=O) groups excluding carboxylic acids is 1. The van der Waals surface area contributed by atoms with Gasteiger partial charge in [-0.25, -0.2) is 0 Å². The Morgan fingerprint density at radius 3 is 2.14 bits per heavy atom. The number of rotatable bonds is 4. The summed E-state index contributed by atoms with van der Waals surface area (Å²) in [5.41, 5.74) is 8.42. The monoisotopic (exact) mass is 417 g/mol. The predicted molar refractivity (Wildman–Crippen MR) is 119 cm³/mol. The zero-order valence-electron chi connectivity index (χ0n) is 16.2. The van der Waals surface area contributed by atoms with Gasteiger partial charge in [-0.15, -0.1) is 12.4 Å². The van der Waals surface area contributed by atoms with Gasteiger partial charge in [-0.1, -0.05) is 36.0 Å². The molecule has 2 heterocycles. The number of halogens is 1. The fraction of sp³-hybridized carbons (Fsp3) is 0.409. The molecule has 1 amide bonds. The fourth-order valence-electron chi connectivity index (χ4n) is 4.06. The first kappa shape index (κ1) is 21.0. The Kier molecular flexibility index (Phi) is 6.91. The number of amides is 1. The van der Waals surface area contributed by atoms with Crippen molar-refractivity contribution in [3.05, 3.63) is 48.5 Å². The van der Waals surface area contributed by atoms with Crippen molar-refractivity contribution in [2.75, 3.05) is 24.5 Å². The third-order valence-corrected chi connectivity index (χ3v) is 6.85. The van der Waals surface area contributed by atoms with E-state index >= 15 is 0 Å². The number of hydrogen-bond acceptors (Lipinski definition) is 4. The normalized spacial score (nSPS) is 17.4. The van der Waals surface area contributed by atoms with Crippen LogP contribution in [0.2, 0.25) is 0 Å². The zero-order valence-corrected chi connectivity index (χ0v) is 17.8. The molecule has 150 valence electrons. The van der Waals surface area contributed by atoms with Gasteiger partial charge in [0.15, 0.2) is 0 Å². The molecule has 6 heteroatoms. The summed E-state index contributed by atoms with van der Waals surface area (Å²) in [4.78, 5) is 19.6. The molecule has 0 aromatic heterocycles. The molecular weight excluding hydrogens is 390 g/mol. The van der Waals surface area contributed by atoms with Crippen molar-refractivity contribution in [3.8, 4) is 0 Å². The van der Waals surface area contributed by atoms with Crippen LogP contribution in [0.3, 0.4) is 0 Å². The minimum Gasteiger partial charge on any atom is -0.343 e. The molecule has 1 unspecified atom stereocenters. The Morgan fingerprint density at radius 1 is 1.07 bits per heavy atom. The van der Waals surface area contributed by atoms with E-state index in [1.807, 2.05) is 4.90 Å². The highest BCUT2D eigenvalue weighted by molar-refractivity contribution is 7.99. The third kappa shape index (κ3) is 4.32. The van der Waals surface area contributed by atoms with Gasteiger partial charge in [0, 0.05) is 41.9 Å². The molecule has 0 aliphatic carbocycles. The van der Waals surface area contributed by atoms with Crippen LogP contribution >= 0.6 is 24.2 Å². The predicted octanol–water partition coefficient (Wildman–Crippen LogP) is 4.69. The lowest BCUT2D eigenvalue weighted by Crippen LogP contribution is -2.43. The van der Waals surface area contributed by atoms with Crippen molar-refractivity contribution in [1.82, 2.24) is 4.90 Å². The molecule has 0 radical (unpaired) electrons. The maximum atomic E-state index is 12.8. The number of nitrogens with zero attached hydrogens (tertiary/aromatic N) is 2. The Balaban J connectivity index is 0.00000225. The fourth-order valence-corrected chi connectivity index (χ4v) is 5.16. The Hall–Kier alpha value is -1.69. The second kappa shape index (κ2) is 9.21. The SMILES string of the molecule is CC(N)C1CCN(C(=O)CCN2c3ccccc3Sc3ccccc32)CC1.Cl. The smallest absolute Gasteiger partial charge is 0.224 e. The van der Waals surface area contributed by atoms with Gasteiger partial charge >= 0.3 is 0 Å². The first-order chi connectivity index (χ1) is 13.1. The van der Waals surface area contributed by atoms with E-state index in [-0.39, 0.29) is 24.4 Å². The van der Waals surface area contributed by atoms with Gasteiger partial charge in [0.1, 0.15) is 0 Å². The molecule has 2 aliphatic heterocycles. The number of benzene rings is 2. The average Bonchev–Trinajstić information content (AvgIpc) is 2.71. The molecule has 4 nitrogen and oxygen atoms in total. The van der Waals surface area contributed by atoms with Crippen LogP contribution in [0.15, 0.2) is 58.3 Å². The van der Waals surface area contributed by atoms with E-state index in [1.165, 1.54) is 21.2 Å². The highest BCUT2D eigenvalue weighted by Crippen LogP contribution is 2.47. The lowest BCUT2D eigenvalue weighted by Gasteiger charge is -2.35. The molecule has 28 heavy (non-hydrogen) atoms. The minimum atomic E-state index is 0. The summed E-state index contributed by atoms with van der Waals surface area (Å²) in [5, 5.41) is 0. The van der Waals surface area contributed by atoms with Gasteiger partial charge in [-0.05, 0) is 49.9 Å². The van der Waals surface area contributed by atoms with Crippen molar-refractivity contribution >= 4 is 41.5 Å². The molecule has 0 spiro atoms. The van der Waals surface area contributed by atoms with E-state index in [1.54, 1.807) is 11.8 Å². The van der Waals surface area contributed by atoms with Crippen molar-refractivity contribution in [2.24, 2.45) is 11.7 Å². The van der Waals surface area contributed by atoms with Crippen molar-refractivity contribution in [3.63, 3.8) is 0 Å². The number of nitrogens with two attached hydrogens (primary N) is 1. The summed E-state index contributed by atoms with van der Waals surface area (Å²) in [6.45, 7) is 4.47. The maximum Gasteiger partial charge on any atom is 0.224 e. The van der Waals surface area contributed by atoms with Gasteiger partial charge in [-0.3, -0.25) is 4.79 Å². The number of likely N-dealkylation sites (tertiary alicyclic amines) is 1. The summed E-state index contributed by atoms with van der Waals surface area (Å²) in [6.07, 6.45) is 2.58. The first-order valence-electron chi connectivity index (χ1n) is 9.80. The molecule has 1 atom stereocenters. The summed E-state index contributed by atoms with van der Waals surface area (Å²) >= 11 is 1.80. The molecule has 1 saturated heterocycles. The van der Waals surface area contributed by atoms with E-state index in [9.17, 15) is 4.79 Å². The number of para-hydroxylation sites is 2. The standard InChI is InChI=1S/C22H27N3OS.ClH/c1-16(23)17-10-13-24(14-11-17)22(26)12-15-25-18-6-2-4-8-20(18)27-21-9-5-3-7-19(21)25;/h2-9,16-17H,10-15,23H2,1H3;1H. The summed E-state index contributed by atoms with van der Waals surface area (Å²) in [6, 6.07) is 17.1. The molecular formula is C22H28ClN3OS. The lowest BCUT2D eigenvalue weighted by molar-refractivity contribution is -0.132. The number of hydrogen-bond donors (Lipinski definition) is 1. The second-order valence-corrected chi connectivity index (χ2v) is 8.60. The molecule has 1 fully saturated rings. The number of anilines is 2. The summed E-state index contributed by atoms with van der Waals surface area (Å²) in [7, 11) is 0. The molecule has 2 aromatic carbocycles. The van der Waals surface area contributed by atoms with E-state index in [0.29, 0.717) is 18.9 Å². The van der Waals surface area contributed by atoms with Crippen molar-refractivity contribution in [2.45, 2.75) is 42.0 Å². The molecule has 0 bridgehead atoms. The van der Waals surface area contributed by atoms with Crippen LogP contribution in [0.4, 0.5) is 11.4 Å². The Labute approximate surface area is 177 Å². The van der Waals surface area contributed by atoms with Gasteiger partial charge in [0.2, 0.25) is 5.91 Å². The van der Waals surface area contributed by atoms with Crippen LogP contribution in [0.25, 0.3) is 0 Å². The first-order valence-corrected chi connectivity index (χ1v) is 10.6. The number of fused-ring (bicyclic) bond motifs is 2. The topological polar surface area (TPSA) is 49.6 Å². The highest BCUT2D eigenvalue weighted by atomic mass is 35.5. The number of carbonyl (C=O) groups is 1. The molecule has 4 rings (SSSR count). The average molecular weight is 418 g/mol. The van der Waals surface area contributed by atoms with Gasteiger partial charge in [0.25, 0.3) is 0 Å². The molecule has 0 saturated carbocycles. The summed E-state index contributed by atoms with van der Waals surface area (Å²) < 4.78 is 0. The third-order valence-electron chi connectivity index (χ3n) is 5.72. The van der Waals surface area contributed by atoms with Gasteiger partial charge in [-0.2, -0.15) is 0 Å². The minimum absolute atomic E-state index is 0. The van der Waals surface area contributed by atoms with Crippen LogP contribution in [0, 0.1) is 5.92 Å². The zero-order chi connectivity index (χ0) is 18.8. The van der Waals surface area contributed by atoms with Crippen LogP contribution in [0.5, 0.6) is 0 Å². The van der Waals surface area contributed by atoms with Crippen LogP contribution < -0.4 is 10.6 Å². The van der Waals surface area contributed by atoms with Crippen LogP contribution in [0.1, 0.15) is 26.2 Å². The van der Waals surface area contributed by atoms with Gasteiger partial charge in [0.05, 0.1) is 11.4 Å². The lowest BCUT2D eigenvalue weighted by atomic mass is 9.91. The number of piperidine rings is 1. The van der Waals surface area contributed by atoms with Crippen LogP contribution in [-0.4, -0.2) is 36.5 Å². The molecule has 2 N–H and O–H groups in total. The van der Waals surface area contributed by atoms with E-state index in [0.717, 1.165) is 25.9 Å². The highest BCUT2D eigenvalue weighted by Gasteiger charge is 2.27. The molecule has 2 aliphatic rings. The quantitative estimate of drug-likeness (QED) is 0.784. The Bertz CT molecular complexity index is 775. The van der Waals surface area contributed by atoms with E-state index in [4.69, 9.17) is 5.73 Å². The Morgan fingerprint density at radius 2 is 1.61 bits per heavy atom. The summed E-state index contributed by atoms with van der Waals surface area (Å²) in [5.74, 6) is 0.804. The van der Waals surface area contributed by atoms with Gasteiger partial charge < -0.3 is 15.5 Å². The van der Waals surface area contributed by atoms with E-state index in [2.05, 4.69) is 60.4 Å². The largest absolute Gasteiger partial charge is 0.343 e. The van der Waals surface area contributed by atoms with E-state index < -0.39 is 0 Å². The van der Waals surface area contributed by atoms with Crippen LogP contribution in [-0.2, 0) is 4.79 Å². The van der Waals surface area contributed by atoms with Crippen molar-refractivity contribution < 1.29 is 4.79 Å². The second-order valence-electron chi connectivity index (χ2n) is 7.52.